The van der Waals surface area contributed by atoms with Crippen LogP contribution in [-0.2, 0) is 20.9 Å². The first-order valence-corrected chi connectivity index (χ1v) is 16.5. The minimum absolute atomic E-state index is 0.0884. The summed E-state index contributed by atoms with van der Waals surface area (Å²) in [6.07, 6.45) is 11.0. The molecule has 0 bridgehead atoms. The molecule has 4 rings (SSSR count). The number of hydrogen-bond acceptors (Lipinski definition) is 6. The smallest absolute Gasteiger partial charge is 0.253 e. The molecule has 36 heavy (non-hydrogen) atoms. The van der Waals surface area contributed by atoms with Gasteiger partial charge in [0, 0.05) is 45.9 Å². The van der Waals surface area contributed by atoms with Crippen molar-refractivity contribution in [1.82, 2.24) is 24.4 Å². The van der Waals surface area contributed by atoms with Gasteiger partial charge in [-0.15, -0.1) is 0 Å². The molecule has 1 N–H and O–H groups in total. The van der Waals surface area contributed by atoms with E-state index in [-0.39, 0.29) is 18.1 Å². The third-order valence-corrected chi connectivity index (χ3v) is 8.33. The Bertz CT molecular complexity index is 1120. The van der Waals surface area contributed by atoms with E-state index in [1.54, 1.807) is 26.0 Å². The Kier molecular flexibility index (Phi) is 8.94. The molecule has 2 aromatic heterocycles. The van der Waals surface area contributed by atoms with E-state index in [4.69, 9.17) is 14.2 Å². The van der Waals surface area contributed by atoms with Crippen LogP contribution < -0.4 is 5.32 Å². The average Bonchev–Trinajstić information content (AvgIpc) is 3.52. The molecule has 1 aliphatic rings. The van der Waals surface area contributed by atoms with Crippen molar-refractivity contribution in [3.63, 3.8) is 0 Å². The maximum Gasteiger partial charge on any atom is 0.253 e. The maximum absolute atomic E-state index is 13.6. The zero-order valence-corrected chi connectivity index (χ0v) is 22.9. The van der Waals surface area contributed by atoms with Gasteiger partial charge < -0.3 is 28.7 Å². The number of nitrogens with one attached hydrogen (secondary N) is 1. The van der Waals surface area contributed by atoms with Crippen molar-refractivity contribution in [2.75, 3.05) is 26.9 Å². The van der Waals surface area contributed by atoms with Crippen molar-refractivity contribution in [2.45, 2.75) is 70.2 Å². The lowest BCUT2D eigenvalue weighted by molar-refractivity contribution is -0.00408. The fourth-order valence-corrected chi connectivity index (χ4v) is 5.26. The van der Waals surface area contributed by atoms with E-state index >= 15 is 0 Å². The third kappa shape index (κ3) is 7.03. The molecular weight excluding hydrogens is 474 g/mol. The predicted octanol–water partition coefficient (Wildman–Crippen LogP) is 4.24. The number of amides is 1. The maximum atomic E-state index is 13.6. The van der Waals surface area contributed by atoms with Gasteiger partial charge in [-0.1, -0.05) is 19.6 Å². The van der Waals surface area contributed by atoms with Crippen molar-refractivity contribution < 1.29 is 19.0 Å². The minimum Gasteiger partial charge on any atom is -0.382 e. The highest BCUT2D eigenvalue weighted by Crippen LogP contribution is 2.26. The standard InChI is InChI=1S/C26H39N5O4Si/c1-33-11-12-35-22-7-5-20(6-8-22)29-26(32)23-15-21(30-10-9-27-17-30)16-24-25(23)31(18-28-24)19-34-13-14-36(2,3)4/h9-10,15-18,20,22H,5-8,11-14,19H2,1-4H3,(H,29,32). The topological polar surface area (TPSA) is 92.4 Å². The molecule has 2 heterocycles. The molecule has 0 spiro atoms. The second-order valence-corrected chi connectivity index (χ2v) is 16.3. The number of carbonyl (C=O) groups is 1. The number of ether oxygens (including phenoxy) is 3. The number of rotatable bonds is 12. The molecule has 1 amide bonds. The highest BCUT2D eigenvalue weighted by Gasteiger charge is 2.25. The second kappa shape index (κ2) is 12.1. The molecule has 1 aliphatic carbocycles. The van der Waals surface area contributed by atoms with Gasteiger partial charge in [0.1, 0.15) is 6.73 Å². The van der Waals surface area contributed by atoms with E-state index < -0.39 is 8.07 Å². The molecule has 0 radical (unpaired) electrons. The molecule has 0 saturated heterocycles. The Morgan fingerprint density at radius 2 is 1.92 bits per heavy atom. The van der Waals surface area contributed by atoms with E-state index in [1.807, 2.05) is 27.5 Å². The van der Waals surface area contributed by atoms with E-state index in [0.29, 0.717) is 32.1 Å². The summed E-state index contributed by atoms with van der Waals surface area (Å²) in [7, 11) is 0.503. The fraction of sp³-hybridized carbons (Fsp3) is 0.577. The zero-order valence-electron chi connectivity index (χ0n) is 21.9. The van der Waals surface area contributed by atoms with Crippen LogP contribution in [0.4, 0.5) is 0 Å². The highest BCUT2D eigenvalue weighted by molar-refractivity contribution is 6.76. The number of nitrogens with zero attached hydrogens (tertiary/aromatic N) is 4. The zero-order chi connectivity index (χ0) is 25.5. The van der Waals surface area contributed by atoms with Gasteiger partial charge in [-0.05, 0) is 43.9 Å². The monoisotopic (exact) mass is 513 g/mol. The van der Waals surface area contributed by atoms with Gasteiger partial charge in [0.2, 0.25) is 0 Å². The van der Waals surface area contributed by atoms with Crippen LogP contribution in [0.3, 0.4) is 0 Å². The van der Waals surface area contributed by atoms with Crippen LogP contribution in [-0.4, -0.2) is 72.2 Å². The summed E-state index contributed by atoms with van der Waals surface area (Å²) in [6.45, 7) is 9.30. The van der Waals surface area contributed by atoms with Gasteiger partial charge in [0.25, 0.3) is 5.91 Å². The quantitative estimate of drug-likeness (QED) is 0.288. The Morgan fingerprint density at radius 1 is 1.11 bits per heavy atom. The summed E-state index contributed by atoms with van der Waals surface area (Å²) >= 11 is 0. The lowest BCUT2D eigenvalue weighted by Gasteiger charge is -2.29. The summed E-state index contributed by atoms with van der Waals surface area (Å²) < 4.78 is 20.8. The number of hydrogen-bond donors (Lipinski definition) is 1. The van der Waals surface area contributed by atoms with Crippen molar-refractivity contribution >= 4 is 25.0 Å². The van der Waals surface area contributed by atoms with Crippen molar-refractivity contribution in [3.8, 4) is 5.69 Å². The number of aromatic nitrogens is 4. The summed E-state index contributed by atoms with van der Waals surface area (Å²) in [5.41, 5.74) is 3.00. The fourth-order valence-electron chi connectivity index (χ4n) is 4.50. The van der Waals surface area contributed by atoms with Crippen LogP contribution in [0, 0.1) is 0 Å². The first-order chi connectivity index (χ1) is 17.3. The van der Waals surface area contributed by atoms with Crippen LogP contribution >= 0.6 is 0 Å². The second-order valence-electron chi connectivity index (χ2n) is 10.7. The van der Waals surface area contributed by atoms with Gasteiger partial charge in [0.15, 0.2) is 0 Å². The molecule has 0 unspecified atom stereocenters. The van der Waals surface area contributed by atoms with Crippen molar-refractivity contribution in [2.24, 2.45) is 0 Å². The van der Waals surface area contributed by atoms with Gasteiger partial charge in [-0.2, -0.15) is 0 Å². The molecule has 1 saturated carbocycles. The highest BCUT2D eigenvalue weighted by atomic mass is 28.3. The van der Waals surface area contributed by atoms with Gasteiger partial charge in [0.05, 0.1) is 48.6 Å². The normalized spacial score (nSPS) is 18.6. The van der Waals surface area contributed by atoms with Crippen LogP contribution in [0.1, 0.15) is 36.0 Å². The van der Waals surface area contributed by atoms with E-state index in [2.05, 4.69) is 34.9 Å². The molecule has 0 aliphatic heterocycles. The third-order valence-electron chi connectivity index (χ3n) is 6.62. The number of methoxy groups -OCH3 is 1. The number of benzene rings is 1. The summed E-state index contributed by atoms with van der Waals surface area (Å²) in [4.78, 5) is 22.4. The van der Waals surface area contributed by atoms with E-state index in [9.17, 15) is 4.79 Å². The van der Waals surface area contributed by atoms with Crippen LogP contribution in [0.25, 0.3) is 16.7 Å². The number of carbonyl (C=O) groups excluding carboxylic acids is 1. The minimum atomic E-state index is -1.18. The van der Waals surface area contributed by atoms with Crippen LogP contribution in [0.2, 0.25) is 25.7 Å². The Labute approximate surface area is 214 Å². The summed E-state index contributed by atoms with van der Waals surface area (Å²) in [5, 5.41) is 3.27. The largest absolute Gasteiger partial charge is 0.382 e. The van der Waals surface area contributed by atoms with Gasteiger partial charge in [-0.3, -0.25) is 4.79 Å². The van der Waals surface area contributed by atoms with Crippen LogP contribution in [0.5, 0.6) is 0 Å². The molecule has 3 aromatic rings. The van der Waals surface area contributed by atoms with E-state index in [0.717, 1.165) is 48.4 Å². The summed E-state index contributed by atoms with van der Waals surface area (Å²) in [5.74, 6) is -0.0884. The predicted molar refractivity (Wildman–Crippen MR) is 142 cm³/mol. The Hall–Kier alpha value is -2.53. The Morgan fingerprint density at radius 3 is 2.61 bits per heavy atom. The number of fused-ring (bicyclic) bond motifs is 1. The first-order valence-electron chi connectivity index (χ1n) is 12.8. The lowest BCUT2D eigenvalue weighted by Crippen LogP contribution is -2.39. The molecule has 1 fully saturated rings. The first kappa shape index (κ1) is 26.5. The van der Waals surface area contributed by atoms with Crippen molar-refractivity contribution in [1.29, 1.82) is 0 Å². The lowest BCUT2D eigenvalue weighted by atomic mass is 9.92. The number of imidazole rings is 2. The Balaban J connectivity index is 1.50. The molecule has 10 heteroatoms. The average molecular weight is 514 g/mol. The van der Waals surface area contributed by atoms with Gasteiger partial charge >= 0.3 is 0 Å². The summed E-state index contributed by atoms with van der Waals surface area (Å²) in [6, 6.07) is 5.11. The van der Waals surface area contributed by atoms with Crippen LogP contribution in [0.15, 0.2) is 37.2 Å². The molecular formula is C26H39N5O4Si. The molecule has 9 nitrogen and oxygen atoms in total. The SMILES string of the molecule is COCCOC1CCC(NC(=O)c2cc(-n3ccnc3)cc3ncn(COCC[Si](C)(C)C)c23)CC1. The van der Waals surface area contributed by atoms with Gasteiger partial charge in [-0.25, -0.2) is 9.97 Å². The molecule has 0 atom stereocenters. The molecule has 1 aromatic carbocycles. The van der Waals surface area contributed by atoms with Crippen molar-refractivity contribution in [3.05, 3.63) is 42.7 Å². The molecule has 196 valence electrons. The van der Waals surface area contributed by atoms with E-state index in [1.165, 1.54) is 0 Å².